The third-order valence-electron chi connectivity index (χ3n) is 7.05. The van der Waals surface area contributed by atoms with E-state index in [9.17, 15) is 17.6 Å². The highest BCUT2D eigenvalue weighted by Crippen LogP contribution is 2.48. The van der Waals surface area contributed by atoms with Crippen LogP contribution in [0.3, 0.4) is 0 Å². The smallest absolute Gasteiger partial charge is 0.206 e. The topological polar surface area (TPSA) is 0 Å². The van der Waals surface area contributed by atoms with Crippen LogP contribution in [-0.2, 0) is 6.18 Å². The van der Waals surface area contributed by atoms with E-state index in [1.165, 1.54) is 44.2 Å². The lowest BCUT2D eigenvalue weighted by Crippen LogP contribution is -2.30. The van der Waals surface area contributed by atoms with Crippen LogP contribution in [0.1, 0.15) is 68.9 Å². The molecule has 0 radical (unpaired) electrons. The third-order valence-corrected chi connectivity index (χ3v) is 7.05. The molecule has 2 aromatic rings. The van der Waals surface area contributed by atoms with Crippen molar-refractivity contribution >= 4 is 10.8 Å². The number of halogens is 4. The Bertz CT molecular complexity index is 823. The molecule has 0 spiro atoms. The Labute approximate surface area is 158 Å². The van der Waals surface area contributed by atoms with Crippen LogP contribution in [-0.4, -0.2) is 0 Å². The van der Waals surface area contributed by atoms with Crippen molar-refractivity contribution in [1.29, 1.82) is 0 Å². The first-order valence-electron chi connectivity index (χ1n) is 10.2. The van der Waals surface area contributed by atoms with Gasteiger partial charge in [0, 0.05) is 5.39 Å². The molecule has 4 atom stereocenters. The van der Waals surface area contributed by atoms with Crippen molar-refractivity contribution in [1.82, 2.24) is 0 Å². The molecular formula is C23H26F4. The van der Waals surface area contributed by atoms with Gasteiger partial charge in [0.25, 0.3) is 0 Å². The number of rotatable bonds is 2. The Balaban J connectivity index is 1.57. The first-order chi connectivity index (χ1) is 12.9. The molecule has 2 fully saturated rings. The summed E-state index contributed by atoms with van der Waals surface area (Å²) in [6, 6.07) is 7.55. The second-order valence-electron chi connectivity index (χ2n) is 8.52. The summed E-state index contributed by atoms with van der Waals surface area (Å²) in [5.74, 6) is 1.78. The number of benzene rings is 2. The van der Waals surface area contributed by atoms with Gasteiger partial charge >= 0.3 is 6.18 Å². The summed E-state index contributed by atoms with van der Waals surface area (Å²) in [6.07, 6.45) is 4.14. The molecule has 0 aliphatic heterocycles. The zero-order valence-electron chi connectivity index (χ0n) is 15.7. The highest BCUT2D eigenvalue weighted by molar-refractivity contribution is 5.84. The lowest BCUT2D eigenvalue weighted by atomic mass is 9.63. The summed E-state index contributed by atoms with van der Waals surface area (Å²) in [5, 5.41) is 0.625. The summed E-state index contributed by atoms with van der Waals surface area (Å²) in [4.78, 5) is 0. The van der Waals surface area contributed by atoms with Crippen molar-refractivity contribution in [3.63, 3.8) is 0 Å². The van der Waals surface area contributed by atoms with Crippen LogP contribution in [0.15, 0.2) is 30.3 Å². The van der Waals surface area contributed by atoms with Crippen LogP contribution in [0.5, 0.6) is 0 Å². The largest absolute Gasteiger partial charge is 0.419 e. The van der Waals surface area contributed by atoms with Crippen LogP contribution < -0.4 is 0 Å². The van der Waals surface area contributed by atoms with Crippen LogP contribution in [0.4, 0.5) is 17.6 Å². The molecule has 2 aromatic carbocycles. The Morgan fingerprint density at radius 1 is 0.926 bits per heavy atom. The van der Waals surface area contributed by atoms with Crippen molar-refractivity contribution < 1.29 is 17.6 Å². The maximum absolute atomic E-state index is 14.3. The van der Waals surface area contributed by atoms with E-state index in [2.05, 4.69) is 6.92 Å². The van der Waals surface area contributed by atoms with Crippen molar-refractivity contribution in [2.24, 2.45) is 17.8 Å². The predicted molar refractivity (Wildman–Crippen MR) is 100 cm³/mol. The third kappa shape index (κ3) is 3.60. The highest BCUT2D eigenvalue weighted by Gasteiger charge is 2.36. The minimum Gasteiger partial charge on any atom is -0.206 e. The maximum atomic E-state index is 14.3. The van der Waals surface area contributed by atoms with E-state index in [-0.39, 0.29) is 5.39 Å². The zero-order chi connectivity index (χ0) is 19.2. The van der Waals surface area contributed by atoms with Gasteiger partial charge in [0.05, 0.1) is 5.56 Å². The second kappa shape index (κ2) is 7.10. The van der Waals surface area contributed by atoms with Crippen LogP contribution in [0.25, 0.3) is 10.8 Å². The fraction of sp³-hybridized carbons (Fsp3) is 0.565. The molecule has 0 nitrogen and oxygen atoms in total. The van der Waals surface area contributed by atoms with Gasteiger partial charge in [-0.3, -0.25) is 0 Å². The van der Waals surface area contributed by atoms with Gasteiger partial charge in [0.15, 0.2) is 0 Å². The normalized spacial score (nSPS) is 28.9. The Morgan fingerprint density at radius 3 is 2.41 bits per heavy atom. The highest BCUT2D eigenvalue weighted by atomic mass is 19.4. The van der Waals surface area contributed by atoms with Crippen LogP contribution >= 0.6 is 0 Å². The van der Waals surface area contributed by atoms with E-state index in [0.717, 1.165) is 42.2 Å². The Kier molecular flexibility index (Phi) is 4.94. The molecule has 2 unspecified atom stereocenters. The first-order valence-corrected chi connectivity index (χ1v) is 10.2. The number of alkyl halides is 3. The molecule has 0 bridgehead atoms. The zero-order valence-corrected chi connectivity index (χ0v) is 15.7. The molecule has 4 rings (SSSR count). The van der Waals surface area contributed by atoms with Crippen LogP contribution in [0, 0.1) is 23.6 Å². The minimum absolute atomic E-state index is 0.0608. The summed E-state index contributed by atoms with van der Waals surface area (Å²) in [7, 11) is 0. The summed E-state index contributed by atoms with van der Waals surface area (Å²) >= 11 is 0. The molecule has 0 N–H and O–H groups in total. The minimum atomic E-state index is -4.66. The average Bonchev–Trinajstić information content (AvgIpc) is 2.66. The van der Waals surface area contributed by atoms with E-state index in [1.54, 1.807) is 0 Å². The first kappa shape index (κ1) is 18.8. The lowest BCUT2D eigenvalue weighted by molar-refractivity contribution is -0.139. The summed E-state index contributed by atoms with van der Waals surface area (Å²) < 4.78 is 53.1. The molecule has 27 heavy (non-hydrogen) atoms. The maximum Gasteiger partial charge on any atom is 0.419 e. The molecule has 2 saturated carbocycles. The second-order valence-corrected chi connectivity index (χ2v) is 8.52. The molecule has 2 aliphatic carbocycles. The quantitative estimate of drug-likeness (QED) is 0.470. The Hall–Kier alpha value is -1.58. The fourth-order valence-corrected chi connectivity index (χ4v) is 5.44. The standard InChI is InChI=1S/C23H26F4/c1-2-14-3-4-16-12-17(6-5-15(16)11-14)18-7-9-20-19(13-18)8-10-21(22(20)24)23(25,26)27/h7-10,13-17H,2-6,11-12H2,1H3/t14-,15?,16-,17?/m1/s1. The van der Waals surface area contributed by atoms with Gasteiger partial charge in [0.1, 0.15) is 5.82 Å². The van der Waals surface area contributed by atoms with E-state index < -0.39 is 17.6 Å². The van der Waals surface area contributed by atoms with Gasteiger partial charge in [-0.1, -0.05) is 44.0 Å². The van der Waals surface area contributed by atoms with E-state index >= 15 is 0 Å². The van der Waals surface area contributed by atoms with E-state index in [0.29, 0.717) is 11.3 Å². The SMILES string of the molecule is CC[C@@H]1CC[C@@H]2CC(c3ccc4c(F)c(C(F)(F)F)ccc4c3)CCC2C1. The van der Waals surface area contributed by atoms with Crippen LogP contribution in [0.2, 0.25) is 0 Å². The number of hydrogen-bond donors (Lipinski definition) is 0. The molecule has 0 saturated heterocycles. The van der Waals surface area contributed by atoms with Gasteiger partial charge in [-0.05, 0) is 72.8 Å². The van der Waals surface area contributed by atoms with Gasteiger partial charge in [-0.25, -0.2) is 4.39 Å². The molecule has 0 aromatic heterocycles. The van der Waals surface area contributed by atoms with Crippen molar-refractivity contribution in [2.75, 3.05) is 0 Å². The molecule has 146 valence electrons. The monoisotopic (exact) mass is 378 g/mol. The Morgan fingerprint density at radius 2 is 1.67 bits per heavy atom. The molecule has 4 heteroatoms. The van der Waals surface area contributed by atoms with E-state index in [4.69, 9.17) is 0 Å². The van der Waals surface area contributed by atoms with Gasteiger partial charge in [-0.2, -0.15) is 13.2 Å². The summed E-state index contributed by atoms with van der Waals surface area (Å²) in [5.41, 5.74) is -0.0336. The van der Waals surface area contributed by atoms with Gasteiger partial charge in [-0.15, -0.1) is 0 Å². The number of fused-ring (bicyclic) bond motifs is 2. The molecule has 0 amide bonds. The van der Waals surface area contributed by atoms with Gasteiger partial charge < -0.3 is 0 Å². The average molecular weight is 378 g/mol. The van der Waals surface area contributed by atoms with Crippen molar-refractivity contribution in [3.8, 4) is 0 Å². The fourth-order valence-electron chi connectivity index (χ4n) is 5.44. The molecule has 0 heterocycles. The molecule has 2 aliphatic rings. The number of hydrogen-bond acceptors (Lipinski definition) is 0. The van der Waals surface area contributed by atoms with E-state index in [1.807, 2.05) is 12.1 Å². The lowest BCUT2D eigenvalue weighted by Gasteiger charge is -2.42. The van der Waals surface area contributed by atoms with Crippen molar-refractivity contribution in [3.05, 3.63) is 47.3 Å². The predicted octanol–water partition coefficient (Wildman–Crippen LogP) is 7.71. The molecular weight excluding hydrogens is 352 g/mol. The summed E-state index contributed by atoms with van der Waals surface area (Å²) in [6.45, 7) is 2.29. The van der Waals surface area contributed by atoms with Gasteiger partial charge in [0.2, 0.25) is 0 Å². The van der Waals surface area contributed by atoms with Crippen molar-refractivity contribution in [2.45, 2.75) is 64.0 Å².